The molecule has 1 aliphatic heterocycles. The van der Waals surface area contributed by atoms with Gasteiger partial charge in [0.15, 0.2) is 11.6 Å². The van der Waals surface area contributed by atoms with Gasteiger partial charge in [-0.05, 0) is 18.2 Å². The predicted octanol–water partition coefficient (Wildman–Crippen LogP) is 1.53. The number of ether oxygens (including phenoxy) is 1. The lowest BCUT2D eigenvalue weighted by molar-refractivity contribution is 0.0735. The highest BCUT2D eigenvalue weighted by molar-refractivity contribution is 5.92. The normalized spacial score (nSPS) is 14.9. The van der Waals surface area contributed by atoms with Crippen LogP contribution in [0.25, 0.3) is 0 Å². The van der Waals surface area contributed by atoms with Gasteiger partial charge in [-0.15, -0.1) is 0 Å². The van der Waals surface area contributed by atoms with E-state index in [1.807, 2.05) is 4.90 Å². The first-order valence-electron chi connectivity index (χ1n) is 7.46. The van der Waals surface area contributed by atoms with E-state index in [4.69, 9.17) is 4.74 Å². The number of carbonyl (C=O) groups is 1. The first-order valence-corrected chi connectivity index (χ1v) is 7.46. The molecular weight excluding hydrogens is 299 g/mol. The molecule has 1 aromatic heterocycles. The molecular formula is C16H19FN4O2. The van der Waals surface area contributed by atoms with E-state index in [0.717, 1.165) is 5.69 Å². The number of benzene rings is 1. The van der Waals surface area contributed by atoms with Crippen LogP contribution in [0.4, 0.5) is 10.1 Å². The Balaban J connectivity index is 1.67. The molecule has 1 fully saturated rings. The fourth-order valence-corrected chi connectivity index (χ4v) is 2.76. The molecule has 6 nitrogen and oxygen atoms in total. The van der Waals surface area contributed by atoms with Crippen molar-refractivity contribution in [1.29, 1.82) is 0 Å². The van der Waals surface area contributed by atoms with Gasteiger partial charge < -0.3 is 14.5 Å². The lowest BCUT2D eigenvalue weighted by Crippen LogP contribution is -2.49. The number of anilines is 1. The number of piperazine rings is 1. The highest BCUT2D eigenvalue weighted by Crippen LogP contribution is 2.25. The van der Waals surface area contributed by atoms with E-state index in [9.17, 15) is 9.18 Å². The third-order valence-electron chi connectivity index (χ3n) is 4.11. The average Bonchev–Trinajstić information content (AvgIpc) is 3.01. The van der Waals surface area contributed by atoms with Crippen molar-refractivity contribution >= 4 is 11.6 Å². The summed E-state index contributed by atoms with van der Waals surface area (Å²) in [5.74, 6) is -0.154. The zero-order chi connectivity index (χ0) is 16.4. The molecule has 7 heteroatoms. The van der Waals surface area contributed by atoms with Crippen molar-refractivity contribution in [2.45, 2.75) is 0 Å². The van der Waals surface area contributed by atoms with E-state index in [1.54, 1.807) is 36.1 Å². The molecule has 0 radical (unpaired) electrons. The topological polar surface area (TPSA) is 50.6 Å². The van der Waals surface area contributed by atoms with Crippen molar-refractivity contribution in [3.63, 3.8) is 0 Å². The number of amides is 1. The van der Waals surface area contributed by atoms with E-state index in [1.165, 1.54) is 13.2 Å². The molecule has 23 heavy (non-hydrogen) atoms. The van der Waals surface area contributed by atoms with Gasteiger partial charge in [0.05, 0.1) is 7.11 Å². The number of methoxy groups -OCH3 is 1. The highest BCUT2D eigenvalue weighted by Gasteiger charge is 2.24. The van der Waals surface area contributed by atoms with Gasteiger partial charge in [-0.3, -0.25) is 9.48 Å². The molecule has 2 aromatic rings. The second-order valence-electron chi connectivity index (χ2n) is 5.44. The maximum absolute atomic E-state index is 13.5. The molecule has 0 atom stereocenters. The largest absolute Gasteiger partial charge is 0.494 e. The monoisotopic (exact) mass is 318 g/mol. The maximum Gasteiger partial charge on any atom is 0.272 e. The standard InChI is InChI=1S/C16H19FN4O2/c1-19-14(5-6-18-19)16(22)21-9-7-20(8-10-21)12-3-4-13(17)15(11-12)23-2/h3-6,11H,7-10H2,1-2H3. The maximum atomic E-state index is 13.5. The molecule has 2 heterocycles. The van der Waals surface area contributed by atoms with Gasteiger partial charge in [-0.2, -0.15) is 5.10 Å². The van der Waals surface area contributed by atoms with Crippen molar-refractivity contribution in [1.82, 2.24) is 14.7 Å². The van der Waals surface area contributed by atoms with Crippen molar-refractivity contribution in [3.8, 4) is 5.75 Å². The van der Waals surface area contributed by atoms with Gasteiger partial charge in [-0.25, -0.2) is 4.39 Å². The summed E-state index contributed by atoms with van der Waals surface area (Å²) in [5, 5.41) is 4.03. The van der Waals surface area contributed by atoms with Crippen LogP contribution < -0.4 is 9.64 Å². The summed E-state index contributed by atoms with van der Waals surface area (Å²) >= 11 is 0. The Morgan fingerprint density at radius 1 is 1.22 bits per heavy atom. The molecule has 0 aliphatic carbocycles. The smallest absolute Gasteiger partial charge is 0.272 e. The van der Waals surface area contributed by atoms with Crippen LogP contribution >= 0.6 is 0 Å². The van der Waals surface area contributed by atoms with Crippen LogP contribution in [0, 0.1) is 5.82 Å². The lowest BCUT2D eigenvalue weighted by Gasteiger charge is -2.36. The quantitative estimate of drug-likeness (QED) is 0.861. The van der Waals surface area contributed by atoms with Crippen molar-refractivity contribution in [2.75, 3.05) is 38.2 Å². The molecule has 0 saturated carbocycles. The fraction of sp³-hybridized carbons (Fsp3) is 0.375. The van der Waals surface area contributed by atoms with Gasteiger partial charge in [0.1, 0.15) is 5.69 Å². The zero-order valence-electron chi connectivity index (χ0n) is 13.2. The summed E-state index contributed by atoms with van der Waals surface area (Å²) in [6.07, 6.45) is 1.62. The minimum absolute atomic E-state index is 0.0127. The predicted molar refractivity (Wildman–Crippen MR) is 84.3 cm³/mol. The van der Waals surface area contributed by atoms with E-state index >= 15 is 0 Å². The van der Waals surface area contributed by atoms with E-state index in [0.29, 0.717) is 31.9 Å². The van der Waals surface area contributed by atoms with Gasteiger partial charge in [-0.1, -0.05) is 0 Å². The molecule has 1 aliphatic rings. The Morgan fingerprint density at radius 2 is 1.96 bits per heavy atom. The third kappa shape index (κ3) is 2.99. The Hall–Kier alpha value is -2.57. The Bertz CT molecular complexity index is 708. The SMILES string of the molecule is COc1cc(N2CCN(C(=O)c3ccnn3C)CC2)ccc1F. The molecule has 1 saturated heterocycles. The molecule has 0 spiro atoms. The van der Waals surface area contributed by atoms with Gasteiger partial charge in [0.2, 0.25) is 0 Å². The minimum atomic E-state index is -0.374. The molecule has 0 bridgehead atoms. The number of hydrogen-bond acceptors (Lipinski definition) is 4. The summed E-state index contributed by atoms with van der Waals surface area (Å²) in [7, 11) is 3.21. The Labute approximate surface area is 134 Å². The lowest BCUT2D eigenvalue weighted by atomic mass is 10.2. The second kappa shape index (κ2) is 6.28. The summed E-state index contributed by atoms with van der Waals surface area (Å²) < 4.78 is 20.1. The van der Waals surface area contributed by atoms with Crippen LogP contribution in [0.3, 0.4) is 0 Å². The molecule has 1 amide bonds. The summed E-state index contributed by atoms with van der Waals surface area (Å²) in [4.78, 5) is 16.4. The van der Waals surface area contributed by atoms with Crippen LogP contribution in [0.15, 0.2) is 30.5 Å². The van der Waals surface area contributed by atoms with Crippen molar-refractivity contribution in [3.05, 3.63) is 42.0 Å². The number of aromatic nitrogens is 2. The van der Waals surface area contributed by atoms with Crippen molar-refractivity contribution < 1.29 is 13.9 Å². The fourth-order valence-electron chi connectivity index (χ4n) is 2.76. The van der Waals surface area contributed by atoms with Crippen LogP contribution in [0.5, 0.6) is 5.75 Å². The van der Waals surface area contributed by atoms with Gasteiger partial charge in [0.25, 0.3) is 5.91 Å². The number of nitrogens with zero attached hydrogens (tertiary/aromatic N) is 4. The molecule has 0 N–H and O–H groups in total. The number of halogens is 1. The van der Waals surface area contributed by atoms with Crippen molar-refractivity contribution in [2.24, 2.45) is 7.05 Å². The first kappa shape index (κ1) is 15.3. The zero-order valence-corrected chi connectivity index (χ0v) is 13.2. The third-order valence-corrected chi connectivity index (χ3v) is 4.11. The van der Waals surface area contributed by atoms with Crippen LogP contribution in [-0.4, -0.2) is 53.9 Å². The molecule has 0 unspecified atom stereocenters. The van der Waals surface area contributed by atoms with Crippen LogP contribution in [-0.2, 0) is 7.05 Å². The molecule has 1 aromatic carbocycles. The van der Waals surface area contributed by atoms with Crippen LogP contribution in [0.2, 0.25) is 0 Å². The number of rotatable bonds is 3. The summed E-state index contributed by atoms with van der Waals surface area (Å²) in [6.45, 7) is 2.62. The number of carbonyl (C=O) groups excluding carboxylic acids is 1. The van der Waals surface area contributed by atoms with E-state index < -0.39 is 0 Å². The summed E-state index contributed by atoms with van der Waals surface area (Å²) in [5.41, 5.74) is 1.48. The number of aryl methyl sites for hydroxylation is 1. The Kier molecular flexibility index (Phi) is 4.18. The summed E-state index contributed by atoms with van der Waals surface area (Å²) in [6, 6.07) is 6.55. The van der Waals surface area contributed by atoms with E-state index in [2.05, 4.69) is 10.00 Å². The average molecular weight is 318 g/mol. The van der Waals surface area contributed by atoms with E-state index in [-0.39, 0.29) is 17.5 Å². The number of hydrogen-bond donors (Lipinski definition) is 0. The molecule has 122 valence electrons. The first-order chi connectivity index (χ1) is 11.1. The van der Waals surface area contributed by atoms with Crippen LogP contribution in [0.1, 0.15) is 10.5 Å². The Morgan fingerprint density at radius 3 is 2.57 bits per heavy atom. The minimum Gasteiger partial charge on any atom is -0.494 e. The molecule has 3 rings (SSSR count). The van der Waals surface area contributed by atoms with Gasteiger partial charge in [0, 0.05) is 51.2 Å². The highest BCUT2D eigenvalue weighted by atomic mass is 19.1. The second-order valence-corrected chi connectivity index (χ2v) is 5.44. The van der Waals surface area contributed by atoms with Gasteiger partial charge >= 0.3 is 0 Å².